The minimum atomic E-state index is -4.97. The molecule has 31 heavy (non-hydrogen) atoms. The maximum absolute atomic E-state index is 11.9. The summed E-state index contributed by atoms with van der Waals surface area (Å²) in [5.74, 6) is -0.726. The Morgan fingerprint density at radius 2 is 1.65 bits per heavy atom. The molecule has 0 radical (unpaired) electrons. The smallest absolute Gasteiger partial charge is 0.296 e. The first-order valence-corrected chi connectivity index (χ1v) is 10.9. The van der Waals surface area contributed by atoms with Crippen molar-refractivity contribution in [2.75, 3.05) is 5.73 Å². The molecule has 162 valence electrons. The van der Waals surface area contributed by atoms with Crippen LogP contribution in [0, 0.1) is 10.1 Å². The molecule has 0 spiro atoms. The van der Waals surface area contributed by atoms with Gasteiger partial charge >= 0.3 is 0 Å². The Bertz CT molecular complexity index is 1480. The van der Waals surface area contributed by atoms with Gasteiger partial charge in [-0.2, -0.15) is 21.9 Å². The quantitative estimate of drug-likeness (QED) is 0.141. The molecule has 0 unspecified atom stereocenters. The third-order valence-corrected chi connectivity index (χ3v) is 5.75. The van der Waals surface area contributed by atoms with Gasteiger partial charge in [0.15, 0.2) is 0 Å². The van der Waals surface area contributed by atoms with E-state index in [1.165, 1.54) is 18.2 Å². The molecule has 0 saturated heterocycles. The highest BCUT2D eigenvalue weighted by Gasteiger charge is 2.24. The molecular formula is C16H12N4O9S2. The summed E-state index contributed by atoms with van der Waals surface area (Å²) in [6.45, 7) is 0. The second-order valence-corrected chi connectivity index (χ2v) is 8.92. The second-order valence-electron chi connectivity index (χ2n) is 6.10. The van der Waals surface area contributed by atoms with Gasteiger partial charge in [0.05, 0.1) is 21.2 Å². The summed E-state index contributed by atoms with van der Waals surface area (Å²) in [7, 11) is -9.73. The zero-order chi connectivity index (χ0) is 23.1. The number of nitro groups is 1. The number of nitrogen functional groups attached to an aromatic ring is 1. The fourth-order valence-corrected chi connectivity index (χ4v) is 3.92. The predicted molar refractivity (Wildman–Crippen MR) is 107 cm³/mol. The number of nitro benzene ring substituents is 1. The maximum Gasteiger partial charge on any atom is 0.296 e. The van der Waals surface area contributed by atoms with Crippen LogP contribution < -0.4 is 5.73 Å². The lowest BCUT2D eigenvalue weighted by atomic mass is 10.1. The maximum atomic E-state index is 11.9. The zero-order valence-electron chi connectivity index (χ0n) is 15.1. The predicted octanol–water partition coefficient (Wildman–Crippen LogP) is 2.94. The van der Waals surface area contributed by atoms with Crippen molar-refractivity contribution in [1.82, 2.24) is 0 Å². The van der Waals surface area contributed by atoms with Gasteiger partial charge in [-0.3, -0.25) is 19.2 Å². The summed E-state index contributed by atoms with van der Waals surface area (Å²) in [4.78, 5) is 8.56. The minimum absolute atomic E-state index is 0.0408. The van der Waals surface area contributed by atoms with Crippen LogP contribution in [0.25, 0.3) is 10.8 Å². The van der Waals surface area contributed by atoms with E-state index in [2.05, 4.69) is 10.2 Å². The number of nitrogens with zero attached hydrogens (tertiary/aromatic N) is 3. The van der Waals surface area contributed by atoms with Gasteiger partial charge in [0.2, 0.25) is 0 Å². The summed E-state index contributed by atoms with van der Waals surface area (Å²) in [5.41, 5.74) is 4.47. The average Bonchev–Trinajstić information content (AvgIpc) is 2.65. The van der Waals surface area contributed by atoms with Gasteiger partial charge in [0, 0.05) is 23.6 Å². The number of phenols is 1. The van der Waals surface area contributed by atoms with Crippen LogP contribution in [-0.4, -0.2) is 36.0 Å². The fraction of sp³-hybridized carbons (Fsp3) is 0. The molecule has 0 aliphatic rings. The number of rotatable bonds is 5. The summed E-state index contributed by atoms with van der Waals surface area (Å²) >= 11 is 0. The van der Waals surface area contributed by atoms with Crippen molar-refractivity contribution in [3.05, 3.63) is 52.6 Å². The molecule has 3 aromatic rings. The minimum Gasteiger partial charge on any atom is -0.507 e. The Balaban J connectivity index is 2.30. The first-order chi connectivity index (χ1) is 14.3. The molecule has 3 aromatic carbocycles. The molecule has 5 N–H and O–H groups in total. The Morgan fingerprint density at radius 1 is 0.968 bits per heavy atom. The highest BCUT2D eigenvalue weighted by Crippen LogP contribution is 2.43. The Morgan fingerprint density at radius 3 is 2.23 bits per heavy atom. The molecule has 0 atom stereocenters. The molecule has 0 aliphatic carbocycles. The van der Waals surface area contributed by atoms with Crippen LogP contribution in [0.2, 0.25) is 0 Å². The van der Waals surface area contributed by atoms with E-state index in [0.29, 0.717) is 6.07 Å². The third kappa shape index (κ3) is 4.43. The van der Waals surface area contributed by atoms with E-state index in [0.717, 1.165) is 18.2 Å². The number of hydrogen-bond donors (Lipinski definition) is 4. The van der Waals surface area contributed by atoms with Gasteiger partial charge in [-0.1, -0.05) is 6.07 Å². The van der Waals surface area contributed by atoms with Crippen LogP contribution in [0.15, 0.2) is 62.5 Å². The Labute approximate surface area is 174 Å². The molecular weight excluding hydrogens is 456 g/mol. The van der Waals surface area contributed by atoms with Crippen LogP contribution in [0.1, 0.15) is 0 Å². The van der Waals surface area contributed by atoms with Gasteiger partial charge in [-0.05, 0) is 23.6 Å². The van der Waals surface area contributed by atoms with Crippen molar-refractivity contribution in [2.24, 2.45) is 10.2 Å². The van der Waals surface area contributed by atoms with Crippen molar-refractivity contribution in [1.29, 1.82) is 0 Å². The molecule has 0 aromatic heterocycles. The summed E-state index contributed by atoms with van der Waals surface area (Å²) in [5, 5.41) is 27.9. The highest BCUT2D eigenvalue weighted by molar-refractivity contribution is 7.86. The molecule has 0 bridgehead atoms. The van der Waals surface area contributed by atoms with E-state index in [9.17, 15) is 41.2 Å². The standard InChI is InChI=1S/C16H12N4O9S2/c17-15-14-8(4-11(7-12(14)21)30(24,25)26)5-13(31(27,28)29)16(15)19-18-9-2-1-3-10(6-9)20(22)23/h1-7,21H,17H2,(H,24,25,26)(H,27,28,29). The van der Waals surface area contributed by atoms with Crippen LogP contribution in [0.3, 0.4) is 0 Å². The van der Waals surface area contributed by atoms with Crippen LogP contribution in [-0.2, 0) is 20.2 Å². The van der Waals surface area contributed by atoms with E-state index < -0.39 is 52.1 Å². The second kappa shape index (κ2) is 7.55. The lowest BCUT2D eigenvalue weighted by molar-refractivity contribution is -0.384. The topological polar surface area (TPSA) is 223 Å². The lowest BCUT2D eigenvalue weighted by Crippen LogP contribution is -2.03. The van der Waals surface area contributed by atoms with Crippen molar-refractivity contribution in [3.8, 4) is 5.75 Å². The van der Waals surface area contributed by atoms with Crippen molar-refractivity contribution in [2.45, 2.75) is 9.79 Å². The number of benzene rings is 3. The SMILES string of the molecule is Nc1c(N=Nc2cccc([N+](=O)[O-])c2)c(S(=O)(=O)O)cc2cc(S(=O)(=O)O)cc(O)c12. The molecule has 13 nitrogen and oxygen atoms in total. The molecule has 3 rings (SSSR count). The molecule has 0 heterocycles. The third-order valence-electron chi connectivity index (χ3n) is 4.05. The van der Waals surface area contributed by atoms with E-state index >= 15 is 0 Å². The van der Waals surface area contributed by atoms with Crippen LogP contribution in [0.4, 0.5) is 22.7 Å². The average molecular weight is 468 g/mol. The highest BCUT2D eigenvalue weighted by atomic mass is 32.2. The van der Waals surface area contributed by atoms with Gasteiger partial charge in [0.25, 0.3) is 25.9 Å². The largest absolute Gasteiger partial charge is 0.507 e. The van der Waals surface area contributed by atoms with E-state index in [4.69, 9.17) is 5.73 Å². The van der Waals surface area contributed by atoms with Gasteiger partial charge < -0.3 is 10.8 Å². The number of fused-ring (bicyclic) bond motifs is 1. The molecule has 0 fully saturated rings. The summed E-state index contributed by atoms with van der Waals surface area (Å²) in [6, 6.07) is 7.16. The van der Waals surface area contributed by atoms with Crippen LogP contribution in [0.5, 0.6) is 5.75 Å². The first-order valence-electron chi connectivity index (χ1n) is 7.99. The van der Waals surface area contributed by atoms with Gasteiger partial charge in [0.1, 0.15) is 16.3 Å². The number of hydrogen-bond acceptors (Lipinski definition) is 10. The van der Waals surface area contributed by atoms with E-state index in [1.54, 1.807) is 0 Å². The summed E-state index contributed by atoms with van der Waals surface area (Å²) in [6.07, 6.45) is 0. The van der Waals surface area contributed by atoms with Crippen molar-refractivity contribution >= 4 is 53.8 Å². The number of anilines is 1. The molecule has 0 saturated carbocycles. The molecule has 15 heteroatoms. The fourth-order valence-electron chi connectivity index (χ4n) is 2.72. The van der Waals surface area contributed by atoms with Gasteiger partial charge in [-0.15, -0.1) is 5.11 Å². The Kier molecular flexibility index (Phi) is 5.36. The number of aromatic hydroxyl groups is 1. The van der Waals surface area contributed by atoms with Crippen molar-refractivity contribution < 1.29 is 36.0 Å². The number of phenolic OH excluding ortho intramolecular Hbond substituents is 1. The van der Waals surface area contributed by atoms with E-state index in [1.807, 2.05) is 0 Å². The normalized spacial score (nSPS) is 12.5. The first kappa shape index (κ1) is 22.0. The van der Waals surface area contributed by atoms with Gasteiger partial charge in [-0.25, -0.2) is 0 Å². The number of nitrogens with two attached hydrogens (primary N) is 1. The lowest BCUT2D eigenvalue weighted by Gasteiger charge is -2.12. The molecule has 0 amide bonds. The number of non-ortho nitro benzene ring substituents is 1. The number of azo groups is 1. The molecule has 0 aliphatic heterocycles. The monoisotopic (exact) mass is 468 g/mol. The Hall–Kier alpha value is -3.66. The summed E-state index contributed by atoms with van der Waals surface area (Å²) < 4.78 is 65.2. The van der Waals surface area contributed by atoms with Crippen LogP contribution >= 0.6 is 0 Å². The zero-order valence-corrected chi connectivity index (χ0v) is 16.7. The van der Waals surface area contributed by atoms with Crippen molar-refractivity contribution in [3.63, 3.8) is 0 Å². The van der Waals surface area contributed by atoms with E-state index in [-0.39, 0.29) is 22.1 Å².